The van der Waals surface area contributed by atoms with E-state index >= 15 is 0 Å². The van der Waals surface area contributed by atoms with Crippen LogP contribution < -0.4 is 5.73 Å². The Morgan fingerprint density at radius 2 is 1.86 bits per heavy atom. The summed E-state index contributed by atoms with van der Waals surface area (Å²) in [7, 11) is 0. The molecule has 0 bridgehead atoms. The van der Waals surface area contributed by atoms with Crippen LogP contribution in [-0.4, -0.2) is 29.8 Å². The van der Waals surface area contributed by atoms with Gasteiger partial charge in [-0.05, 0) is 17.8 Å². The molecule has 1 heterocycles. The predicted octanol–water partition coefficient (Wildman–Crippen LogP) is 0.705. The topological polar surface area (TPSA) is 72.5 Å². The lowest BCUT2D eigenvalue weighted by molar-refractivity contribution is -0.177. The fourth-order valence-corrected chi connectivity index (χ4v) is 2.08. The molecular weight excluding hydrogens is 182 g/mol. The first-order chi connectivity index (χ1) is 6.49. The van der Waals surface area contributed by atoms with E-state index in [9.17, 15) is 4.79 Å². The van der Waals surface area contributed by atoms with Crippen LogP contribution in [0.2, 0.25) is 0 Å². The van der Waals surface area contributed by atoms with Crippen molar-refractivity contribution in [3.8, 4) is 0 Å². The number of carboxylic acid groups (broad SMARTS) is 1. The average Bonchev–Trinajstić information content (AvgIpc) is 2.14. The first-order valence-corrected chi connectivity index (χ1v) is 5.07. The van der Waals surface area contributed by atoms with Crippen LogP contribution in [0.1, 0.15) is 20.8 Å². The Morgan fingerprint density at radius 1 is 1.29 bits per heavy atom. The van der Waals surface area contributed by atoms with Gasteiger partial charge in [0.2, 0.25) is 0 Å². The van der Waals surface area contributed by atoms with Gasteiger partial charge in [0.25, 0.3) is 0 Å². The predicted molar refractivity (Wildman–Crippen MR) is 52.8 cm³/mol. The van der Waals surface area contributed by atoms with Crippen LogP contribution >= 0.6 is 0 Å². The van der Waals surface area contributed by atoms with Crippen molar-refractivity contribution in [3.05, 3.63) is 0 Å². The van der Waals surface area contributed by atoms with E-state index in [1.54, 1.807) is 0 Å². The van der Waals surface area contributed by atoms with E-state index in [0.29, 0.717) is 18.4 Å². The lowest BCUT2D eigenvalue weighted by atomic mass is 9.76. The standard InChI is InChI=1S/C10H19NO3/c1-5-6(2)8(4-11)14-9(7(5)3)10(12)13/h5-9H,4,11H2,1-3H3,(H,12,13)/t5-,6-,7+,8-,9?/m1/s1. The summed E-state index contributed by atoms with van der Waals surface area (Å²) in [5.41, 5.74) is 5.55. The van der Waals surface area contributed by atoms with Gasteiger partial charge in [-0.1, -0.05) is 20.8 Å². The summed E-state index contributed by atoms with van der Waals surface area (Å²) in [4.78, 5) is 10.9. The monoisotopic (exact) mass is 201 g/mol. The van der Waals surface area contributed by atoms with E-state index in [1.165, 1.54) is 0 Å². The summed E-state index contributed by atoms with van der Waals surface area (Å²) in [5, 5.41) is 8.96. The van der Waals surface area contributed by atoms with Gasteiger partial charge >= 0.3 is 5.97 Å². The quantitative estimate of drug-likeness (QED) is 0.690. The Kier molecular flexibility index (Phi) is 3.50. The van der Waals surface area contributed by atoms with Gasteiger partial charge < -0.3 is 15.6 Å². The van der Waals surface area contributed by atoms with Crippen molar-refractivity contribution in [2.45, 2.75) is 33.0 Å². The van der Waals surface area contributed by atoms with Crippen LogP contribution in [0, 0.1) is 17.8 Å². The molecule has 4 heteroatoms. The number of hydrogen-bond donors (Lipinski definition) is 2. The van der Waals surface area contributed by atoms with Crippen molar-refractivity contribution in [2.24, 2.45) is 23.5 Å². The molecule has 0 aliphatic carbocycles. The molecule has 1 saturated heterocycles. The van der Waals surface area contributed by atoms with Gasteiger partial charge in [0, 0.05) is 6.54 Å². The molecule has 82 valence electrons. The highest BCUT2D eigenvalue weighted by Crippen LogP contribution is 2.34. The van der Waals surface area contributed by atoms with Gasteiger partial charge in [-0.2, -0.15) is 0 Å². The molecule has 1 unspecified atom stereocenters. The third-order valence-electron chi connectivity index (χ3n) is 3.52. The van der Waals surface area contributed by atoms with Crippen LogP contribution in [-0.2, 0) is 9.53 Å². The average molecular weight is 201 g/mol. The molecule has 3 N–H and O–H groups in total. The molecule has 0 aromatic rings. The number of hydrogen-bond acceptors (Lipinski definition) is 3. The molecule has 1 fully saturated rings. The second kappa shape index (κ2) is 4.28. The van der Waals surface area contributed by atoms with Crippen LogP contribution in [0.4, 0.5) is 0 Å². The van der Waals surface area contributed by atoms with Crippen molar-refractivity contribution in [1.82, 2.24) is 0 Å². The molecule has 1 aliphatic heterocycles. The zero-order valence-electron chi connectivity index (χ0n) is 8.93. The molecule has 4 nitrogen and oxygen atoms in total. The van der Waals surface area contributed by atoms with Crippen LogP contribution in [0.5, 0.6) is 0 Å². The van der Waals surface area contributed by atoms with Gasteiger partial charge in [-0.15, -0.1) is 0 Å². The zero-order valence-corrected chi connectivity index (χ0v) is 8.93. The van der Waals surface area contributed by atoms with Crippen molar-refractivity contribution < 1.29 is 14.6 Å². The Balaban J connectivity index is 2.78. The minimum absolute atomic E-state index is 0.0466. The minimum Gasteiger partial charge on any atom is -0.479 e. The normalized spacial score (nSPS) is 43.6. The highest BCUT2D eigenvalue weighted by atomic mass is 16.5. The molecule has 0 aromatic carbocycles. The summed E-state index contributed by atoms with van der Waals surface area (Å²) in [6, 6.07) is 0. The lowest BCUT2D eigenvalue weighted by Crippen LogP contribution is -2.50. The molecule has 1 aliphatic rings. The maximum atomic E-state index is 10.9. The summed E-state index contributed by atoms with van der Waals surface area (Å²) < 4.78 is 5.47. The number of nitrogens with two attached hydrogens (primary N) is 1. The second-order valence-corrected chi connectivity index (χ2v) is 4.25. The smallest absolute Gasteiger partial charge is 0.333 e. The maximum absolute atomic E-state index is 10.9. The van der Waals surface area contributed by atoms with Crippen molar-refractivity contribution in [3.63, 3.8) is 0 Å². The van der Waals surface area contributed by atoms with Crippen LogP contribution in [0.3, 0.4) is 0 Å². The fourth-order valence-electron chi connectivity index (χ4n) is 2.08. The van der Waals surface area contributed by atoms with Crippen molar-refractivity contribution in [1.29, 1.82) is 0 Å². The highest BCUT2D eigenvalue weighted by molar-refractivity contribution is 5.72. The molecule has 0 spiro atoms. The Bertz CT molecular complexity index is 217. The summed E-state index contributed by atoms with van der Waals surface area (Å²) in [6.07, 6.45) is -0.822. The molecule has 0 amide bonds. The number of carboxylic acids is 1. The van der Waals surface area contributed by atoms with E-state index in [1.807, 2.05) is 6.92 Å². The Morgan fingerprint density at radius 3 is 2.29 bits per heavy atom. The van der Waals surface area contributed by atoms with E-state index in [-0.39, 0.29) is 12.0 Å². The van der Waals surface area contributed by atoms with Crippen molar-refractivity contribution in [2.75, 3.05) is 6.54 Å². The van der Waals surface area contributed by atoms with Gasteiger partial charge in [0.15, 0.2) is 6.10 Å². The van der Waals surface area contributed by atoms with Gasteiger partial charge in [-0.3, -0.25) is 0 Å². The number of carbonyl (C=O) groups is 1. The molecule has 1 rings (SSSR count). The van der Waals surface area contributed by atoms with Crippen LogP contribution in [0.15, 0.2) is 0 Å². The largest absolute Gasteiger partial charge is 0.479 e. The number of ether oxygens (including phenoxy) is 1. The Labute approximate surface area is 84.4 Å². The van der Waals surface area contributed by atoms with E-state index in [0.717, 1.165) is 0 Å². The number of rotatable bonds is 2. The summed E-state index contributed by atoms with van der Waals surface area (Å²) >= 11 is 0. The van der Waals surface area contributed by atoms with E-state index in [4.69, 9.17) is 15.6 Å². The van der Waals surface area contributed by atoms with Crippen LogP contribution in [0.25, 0.3) is 0 Å². The zero-order chi connectivity index (χ0) is 10.9. The molecule has 5 atom stereocenters. The maximum Gasteiger partial charge on any atom is 0.333 e. The SMILES string of the molecule is C[C@@H]1[C@@H](C)[C@@H](CN)OC(C(=O)O)[C@H]1C. The summed E-state index contributed by atoms with van der Waals surface area (Å²) in [5.74, 6) is -0.177. The molecule has 14 heavy (non-hydrogen) atoms. The first-order valence-electron chi connectivity index (χ1n) is 5.07. The van der Waals surface area contributed by atoms with E-state index in [2.05, 4.69) is 13.8 Å². The lowest BCUT2D eigenvalue weighted by Gasteiger charge is -2.41. The molecule has 0 aromatic heterocycles. The molecular formula is C10H19NO3. The first kappa shape index (κ1) is 11.5. The fraction of sp³-hybridized carbons (Fsp3) is 0.900. The summed E-state index contributed by atoms with van der Waals surface area (Å²) in [6.45, 7) is 6.45. The molecule has 0 saturated carbocycles. The van der Waals surface area contributed by atoms with Gasteiger partial charge in [-0.25, -0.2) is 4.79 Å². The minimum atomic E-state index is -0.880. The highest BCUT2D eigenvalue weighted by Gasteiger charge is 2.41. The van der Waals surface area contributed by atoms with Crippen molar-refractivity contribution >= 4 is 5.97 Å². The van der Waals surface area contributed by atoms with E-state index < -0.39 is 12.1 Å². The van der Waals surface area contributed by atoms with Gasteiger partial charge in [0.1, 0.15) is 0 Å². The third kappa shape index (κ3) is 1.91. The number of aliphatic carboxylic acids is 1. The van der Waals surface area contributed by atoms with Gasteiger partial charge in [0.05, 0.1) is 6.10 Å². The second-order valence-electron chi connectivity index (χ2n) is 4.25. The third-order valence-corrected chi connectivity index (χ3v) is 3.52. The Hall–Kier alpha value is -0.610. The molecule has 0 radical (unpaired) electrons.